The van der Waals surface area contributed by atoms with Crippen LogP contribution in [0.15, 0.2) is 6.20 Å². The molecule has 1 aromatic rings. The summed E-state index contributed by atoms with van der Waals surface area (Å²) in [5, 5.41) is 4.19. The summed E-state index contributed by atoms with van der Waals surface area (Å²) in [6, 6.07) is 0.424. The Labute approximate surface area is 107 Å². The highest BCUT2D eigenvalue weighted by Gasteiger charge is 2.39. The van der Waals surface area contributed by atoms with E-state index in [0.29, 0.717) is 23.3 Å². The van der Waals surface area contributed by atoms with Crippen LogP contribution in [-0.4, -0.2) is 33.2 Å². The highest BCUT2D eigenvalue weighted by atomic mass is 16.2. The molecule has 1 saturated carbocycles. The van der Waals surface area contributed by atoms with Crippen molar-refractivity contribution in [1.29, 1.82) is 0 Å². The number of fused-ring (bicyclic) bond motifs is 1. The summed E-state index contributed by atoms with van der Waals surface area (Å²) in [6.07, 6.45) is 7.80. The Hall–Kier alpha value is -1.52. The van der Waals surface area contributed by atoms with E-state index in [4.69, 9.17) is 5.73 Å². The molecule has 2 aliphatic rings. The Morgan fingerprint density at radius 1 is 1.39 bits per heavy atom. The van der Waals surface area contributed by atoms with E-state index in [-0.39, 0.29) is 5.91 Å². The Bertz CT molecular complexity index is 468. The number of nitrogen functional groups attached to an aromatic ring is 1. The van der Waals surface area contributed by atoms with Crippen molar-refractivity contribution in [3.8, 4) is 0 Å². The average molecular weight is 248 g/mol. The molecule has 1 aliphatic carbocycles. The average Bonchev–Trinajstić information content (AvgIpc) is 2.92. The second-order valence-corrected chi connectivity index (χ2v) is 5.51. The minimum absolute atomic E-state index is 0.0162. The van der Waals surface area contributed by atoms with E-state index in [0.717, 1.165) is 19.4 Å². The van der Waals surface area contributed by atoms with E-state index < -0.39 is 0 Å². The van der Waals surface area contributed by atoms with Gasteiger partial charge in [-0.05, 0) is 25.2 Å². The largest absolute Gasteiger partial charge is 0.396 e. The van der Waals surface area contributed by atoms with Crippen LogP contribution in [0.1, 0.15) is 42.6 Å². The van der Waals surface area contributed by atoms with Gasteiger partial charge in [0.2, 0.25) is 0 Å². The lowest BCUT2D eigenvalue weighted by atomic mass is 9.85. The normalized spacial score (nSPS) is 27.3. The van der Waals surface area contributed by atoms with Crippen LogP contribution in [0.5, 0.6) is 0 Å². The number of rotatable bonds is 1. The molecule has 1 saturated heterocycles. The van der Waals surface area contributed by atoms with Crippen LogP contribution in [0.2, 0.25) is 0 Å². The van der Waals surface area contributed by atoms with Gasteiger partial charge in [0, 0.05) is 25.8 Å². The third-order valence-corrected chi connectivity index (χ3v) is 4.33. The summed E-state index contributed by atoms with van der Waals surface area (Å²) < 4.78 is 1.61. The fourth-order valence-corrected chi connectivity index (χ4v) is 3.47. The van der Waals surface area contributed by atoms with Gasteiger partial charge < -0.3 is 10.6 Å². The highest BCUT2D eigenvalue weighted by Crippen LogP contribution is 2.37. The molecule has 0 radical (unpaired) electrons. The fourth-order valence-electron chi connectivity index (χ4n) is 3.47. The molecule has 0 bridgehead atoms. The van der Waals surface area contributed by atoms with Gasteiger partial charge in [0.05, 0.1) is 5.69 Å². The standard InChI is InChI=1S/C13H20N4O/c1-16-8-10(14)12(15-16)13(18)17-7-6-9-4-2-3-5-11(9)17/h8-9,11H,2-7,14H2,1H3. The smallest absolute Gasteiger partial charge is 0.276 e. The molecule has 1 aliphatic heterocycles. The Kier molecular flexibility index (Phi) is 2.76. The van der Waals surface area contributed by atoms with E-state index in [1.54, 1.807) is 17.9 Å². The van der Waals surface area contributed by atoms with Gasteiger partial charge in [-0.1, -0.05) is 12.8 Å². The maximum absolute atomic E-state index is 12.5. The van der Waals surface area contributed by atoms with Crippen molar-refractivity contribution < 1.29 is 4.79 Å². The Balaban J connectivity index is 1.82. The van der Waals surface area contributed by atoms with Crippen LogP contribution in [0.3, 0.4) is 0 Å². The molecule has 18 heavy (non-hydrogen) atoms. The maximum atomic E-state index is 12.5. The molecule has 1 aromatic heterocycles. The number of hydrogen-bond donors (Lipinski definition) is 1. The first kappa shape index (κ1) is 11.6. The molecule has 2 heterocycles. The maximum Gasteiger partial charge on any atom is 0.276 e. The zero-order chi connectivity index (χ0) is 12.7. The first-order valence-corrected chi connectivity index (χ1v) is 6.77. The van der Waals surface area contributed by atoms with Crippen LogP contribution in [0, 0.1) is 5.92 Å². The predicted molar refractivity (Wildman–Crippen MR) is 69.0 cm³/mol. The molecule has 98 valence electrons. The molecule has 5 nitrogen and oxygen atoms in total. The highest BCUT2D eigenvalue weighted by molar-refractivity contribution is 5.97. The topological polar surface area (TPSA) is 64.2 Å². The number of carbonyl (C=O) groups is 1. The van der Waals surface area contributed by atoms with Crippen molar-refractivity contribution in [2.45, 2.75) is 38.1 Å². The van der Waals surface area contributed by atoms with Gasteiger partial charge in [-0.3, -0.25) is 9.48 Å². The number of amides is 1. The third-order valence-electron chi connectivity index (χ3n) is 4.33. The van der Waals surface area contributed by atoms with Crippen LogP contribution in [-0.2, 0) is 7.05 Å². The van der Waals surface area contributed by atoms with Crippen molar-refractivity contribution in [3.05, 3.63) is 11.9 Å². The second-order valence-electron chi connectivity index (χ2n) is 5.51. The molecule has 2 unspecified atom stereocenters. The first-order valence-electron chi connectivity index (χ1n) is 6.77. The van der Waals surface area contributed by atoms with Gasteiger partial charge in [-0.2, -0.15) is 5.10 Å². The Morgan fingerprint density at radius 3 is 2.89 bits per heavy atom. The lowest BCUT2D eigenvalue weighted by Gasteiger charge is -2.31. The summed E-state index contributed by atoms with van der Waals surface area (Å²) in [5.74, 6) is 0.718. The Morgan fingerprint density at radius 2 is 2.17 bits per heavy atom. The van der Waals surface area contributed by atoms with E-state index in [2.05, 4.69) is 5.10 Å². The van der Waals surface area contributed by atoms with Crippen molar-refractivity contribution in [3.63, 3.8) is 0 Å². The molecule has 2 fully saturated rings. The molecular formula is C13H20N4O. The molecule has 2 atom stereocenters. The fraction of sp³-hybridized carbons (Fsp3) is 0.692. The minimum Gasteiger partial charge on any atom is -0.396 e. The number of nitrogens with two attached hydrogens (primary N) is 1. The second kappa shape index (κ2) is 4.30. The monoisotopic (exact) mass is 248 g/mol. The number of anilines is 1. The molecule has 0 aromatic carbocycles. The summed E-state index contributed by atoms with van der Waals surface area (Å²) in [4.78, 5) is 14.5. The van der Waals surface area contributed by atoms with Crippen LogP contribution >= 0.6 is 0 Å². The molecular weight excluding hydrogens is 228 g/mol. The molecule has 5 heteroatoms. The SMILES string of the molecule is Cn1cc(N)c(C(=O)N2CCC3CCCCC32)n1. The number of aryl methyl sites for hydroxylation is 1. The lowest BCUT2D eigenvalue weighted by molar-refractivity contribution is 0.0684. The first-order chi connectivity index (χ1) is 8.66. The summed E-state index contributed by atoms with van der Waals surface area (Å²) >= 11 is 0. The van der Waals surface area contributed by atoms with Crippen molar-refractivity contribution in [2.75, 3.05) is 12.3 Å². The quantitative estimate of drug-likeness (QED) is 0.817. The number of carbonyl (C=O) groups excluding carboxylic acids is 1. The summed E-state index contributed by atoms with van der Waals surface area (Å²) in [5.41, 5.74) is 6.75. The summed E-state index contributed by atoms with van der Waals surface area (Å²) in [6.45, 7) is 0.865. The lowest BCUT2D eigenvalue weighted by Crippen LogP contribution is -2.39. The molecule has 0 spiro atoms. The van der Waals surface area contributed by atoms with E-state index in [1.165, 1.54) is 19.3 Å². The van der Waals surface area contributed by atoms with E-state index >= 15 is 0 Å². The zero-order valence-electron chi connectivity index (χ0n) is 10.8. The van der Waals surface area contributed by atoms with Gasteiger partial charge in [-0.25, -0.2) is 0 Å². The number of aromatic nitrogens is 2. The number of likely N-dealkylation sites (tertiary alicyclic amines) is 1. The van der Waals surface area contributed by atoms with Crippen molar-refractivity contribution in [2.24, 2.45) is 13.0 Å². The van der Waals surface area contributed by atoms with Gasteiger partial charge in [0.1, 0.15) is 0 Å². The van der Waals surface area contributed by atoms with Gasteiger partial charge in [0.25, 0.3) is 5.91 Å². The number of nitrogens with zero attached hydrogens (tertiary/aromatic N) is 3. The minimum atomic E-state index is 0.0162. The number of hydrogen-bond acceptors (Lipinski definition) is 3. The van der Waals surface area contributed by atoms with Gasteiger partial charge in [0.15, 0.2) is 5.69 Å². The van der Waals surface area contributed by atoms with Gasteiger partial charge in [-0.15, -0.1) is 0 Å². The molecule has 2 N–H and O–H groups in total. The van der Waals surface area contributed by atoms with Crippen molar-refractivity contribution in [1.82, 2.24) is 14.7 Å². The van der Waals surface area contributed by atoms with Crippen LogP contribution < -0.4 is 5.73 Å². The van der Waals surface area contributed by atoms with Gasteiger partial charge >= 0.3 is 0 Å². The van der Waals surface area contributed by atoms with E-state index in [1.807, 2.05) is 4.90 Å². The predicted octanol–water partition coefficient (Wildman–Crippen LogP) is 1.41. The summed E-state index contributed by atoms with van der Waals surface area (Å²) in [7, 11) is 1.79. The van der Waals surface area contributed by atoms with Crippen molar-refractivity contribution >= 4 is 11.6 Å². The van der Waals surface area contributed by atoms with E-state index in [9.17, 15) is 4.79 Å². The van der Waals surface area contributed by atoms with Crippen LogP contribution in [0.4, 0.5) is 5.69 Å². The molecule has 3 rings (SSSR count). The third kappa shape index (κ3) is 1.78. The zero-order valence-corrected chi connectivity index (χ0v) is 10.8. The molecule has 1 amide bonds. The van der Waals surface area contributed by atoms with Crippen LogP contribution in [0.25, 0.3) is 0 Å².